The van der Waals surface area contributed by atoms with Crippen LogP contribution in [-0.2, 0) is 0 Å². The largest absolute Gasteiger partial charge is 0.0776 e. The lowest BCUT2D eigenvalue weighted by Crippen LogP contribution is -2.10. The Kier molecular flexibility index (Phi) is 12.7. The molecule has 0 aliphatic heterocycles. The third-order valence-electron chi connectivity index (χ3n) is 5.15. The second-order valence-electron chi connectivity index (χ2n) is 10.2. The summed E-state index contributed by atoms with van der Waals surface area (Å²) < 4.78 is 0. The topological polar surface area (TPSA) is 0 Å². The first kappa shape index (κ1) is 25.2. The van der Waals surface area contributed by atoms with E-state index < -0.39 is 0 Å². The molecule has 0 spiro atoms. The van der Waals surface area contributed by atoms with Gasteiger partial charge in [-0.15, -0.1) is 0 Å². The summed E-state index contributed by atoms with van der Waals surface area (Å²) in [6, 6.07) is 0. The standard InChI is InChI=1S/C11H22.C10H20.2CH4/c1-11(2,3)9-8-10-6-4-5-7-10;1-10(2,3)8-9-6-4-5-7-9;;/h10H,4-9H2,1-3H3;9H,4-8H2,1-3H3;2*1H4. The van der Waals surface area contributed by atoms with Crippen LogP contribution in [0.4, 0.5) is 0 Å². The Hall–Kier alpha value is 0. The lowest BCUT2D eigenvalue weighted by atomic mass is 9.84. The molecule has 2 fully saturated rings. The van der Waals surface area contributed by atoms with E-state index >= 15 is 0 Å². The maximum absolute atomic E-state index is 2.35. The van der Waals surface area contributed by atoms with E-state index in [0.29, 0.717) is 10.8 Å². The Morgan fingerprint density at radius 1 is 0.609 bits per heavy atom. The summed E-state index contributed by atoms with van der Waals surface area (Å²) in [5.41, 5.74) is 1.12. The van der Waals surface area contributed by atoms with Crippen LogP contribution < -0.4 is 0 Å². The SMILES string of the molecule is C.C.CC(C)(C)CC1CCCC1.CC(C)(C)CCC1CCCC1. The van der Waals surface area contributed by atoms with Crippen LogP contribution in [0, 0.1) is 22.7 Å². The molecule has 2 saturated carbocycles. The first-order valence-electron chi connectivity index (χ1n) is 9.66. The molecule has 0 bridgehead atoms. The fourth-order valence-corrected chi connectivity index (χ4v) is 4.02. The summed E-state index contributed by atoms with van der Waals surface area (Å²) >= 11 is 0. The van der Waals surface area contributed by atoms with Gasteiger partial charge in [0.05, 0.1) is 0 Å². The second kappa shape index (κ2) is 11.5. The van der Waals surface area contributed by atoms with E-state index in [4.69, 9.17) is 0 Å². The molecule has 2 aliphatic carbocycles. The van der Waals surface area contributed by atoms with Gasteiger partial charge in [0.1, 0.15) is 0 Å². The van der Waals surface area contributed by atoms with Crippen LogP contribution >= 0.6 is 0 Å². The molecule has 0 unspecified atom stereocenters. The summed E-state index contributed by atoms with van der Waals surface area (Å²) in [6.45, 7) is 14.1. The molecule has 0 heteroatoms. The molecule has 2 rings (SSSR count). The van der Waals surface area contributed by atoms with Crippen molar-refractivity contribution in [3.8, 4) is 0 Å². The zero-order valence-corrected chi connectivity index (χ0v) is 15.9. The van der Waals surface area contributed by atoms with Crippen molar-refractivity contribution in [1.29, 1.82) is 0 Å². The highest BCUT2D eigenvalue weighted by Crippen LogP contribution is 2.35. The molecule has 0 atom stereocenters. The second-order valence-corrected chi connectivity index (χ2v) is 10.2. The molecule has 0 amide bonds. The van der Waals surface area contributed by atoms with Crippen LogP contribution in [-0.4, -0.2) is 0 Å². The Labute approximate surface area is 150 Å². The van der Waals surface area contributed by atoms with Gasteiger partial charge in [-0.3, -0.25) is 0 Å². The van der Waals surface area contributed by atoms with E-state index in [1.54, 1.807) is 0 Å². The smallest absolute Gasteiger partial charge is 0.0380 e. The van der Waals surface area contributed by atoms with Gasteiger partial charge in [0.2, 0.25) is 0 Å². The molecular weight excluding hydrogens is 276 g/mol. The van der Waals surface area contributed by atoms with Crippen molar-refractivity contribution in [3.63, 3.8) is 0 Å². The first-order chi connectivity index (χ1) is 9.66. The van der Waals surface area contributed by atoms with E-state index in [-0.39, 0.29) is 14.9 Å². The average Bonchev–Trinajstić information content (AvgIpc) is 2.96. The summed E-state index contributed by atoms with van der Waals surface area (Å²) in [7, 11) is 0. The minimum atomic E-state index is 0. The third kappa shape index (κ3) is 14.1. The van der Waals surface area contributed by atoms with Gasteiger partial charge in [-0.1, -0.05) is 108 Å². The zero-order chi connectivity index (χ0) is 15.9. The minimum Gasteiger partial charge on any atom is -0.0776 e. The number of hydrogen-bond acceptors (Lipinski definition) is 0. The molecule has 23 heavy (non-hydrogen) atoms. The highest BCUT2D eigenvalue weighted by molar-refractivity contribution is 4.73. The first-order valence-corrected chi connectivity index (χ1v) is 9.66. The van der Waals surface area contributed by atoms with Crippen LogP contribution in [0.2, 0.25) is 0 Å². The summed E-state index contributed by atoms with van der Waals surface area (Å²) in [5, 5.41) is 0. The van der Waals surface area contributed by atoms with Crippen LogP contribution in [0.15, 0.2) is 0 Å². The lowest BCUT2D eigenvalue weighted by molar-refractivity contribution is 0.297. The molecule has 0 aromatic heterocycles. The predicted octanol–water partition coefficient (Wildman–Crippen LogP) is 8.89. The lowest BCUT2D eigenvalue weighted by Gasteiger charge is -2.22. The number of hydrogen-bond donors (Lipinski definition) is 0. The Morgan fingerprint density at radius 3 is 1.35 bits per heavy atom. The summed E-state index contributed by atoms with van der Waals surface area (Å²) in [5.74, 6) is 2.13. The molecule has 0 radical (unpaired) electrons. The van der Waals surface area contributed by atoms with Crippen molar-refractivity contribution in [1.82, 2.24) is 0 Å². The quantitative estimate of drug-likeness (QED) is 0.485. The molecular formula is C23H50. The van der Waals surface area contributed by atoms with Gasteiger partial charge >= 0.3 is 0 Å². The van der Waals surface area contributed by atoms with Crippen LogP contribution in [0.5, 0.6) is 0 Å². The van der Waals surface area contributed by atoms with Crippen LogP contribution in [0.25, 0.3) is 0 Å². The molecule has 0 nitrogen and oxygen atoms in total. The third-order valence-corrected chi connectivity index (χ3v) is 5.15. The summed E-state index contributed by atoms with van der Waals surface area (Å²) in [4.78, 5) is 0. The van der Waals surface area contributed by atoms with Gasteiger partial charge in [-0.05, 0) is 41.9 Å². The molecule has 0 aromatic carbocycles. The highest BCUT2D eigenvalue weighted by atomic mass is 14.3. The van der Waals surface area contributed by atoms with E-state index in [1.165, 1.54) is 70.6 Å². The normalized spacial score (nSPS) is 19.6. The van der Waals surface area contributed by atoms with Crippen molar-refractivity contribution >= 4 is 0 Å². The van der Waals surface area contributed by atoms with Crippen molar-refractivity contribution < 1.29 is 0 Å². The minimum absolute atomic E-state index is 0. The van der Waals surface area contributed by atoms with E-state index in [0.717, 1.165) is 11.8 Å². The van der Waals surface area contributed by atoms with Crippen LogP contribution in [0.1, 0.15) is 127 Å². The highest BCUT2D eigenvalue weighted by Gasteiger charge is 2.21. The Morgan fingerprint density at radius 2 is 1.00 bits per heavy atom. The van der Waals surface area contributed by atoms with Gasteiger partial charge in [0.25, 0.3) is 0 Å². The predicted molar refractivity (Wildman–Crippen MR) is 110 cm³/mol. The molecule has 0 N–H and O–H groups in total. The molecule has 142 valence electrons. The van der Waals surface area contributed by atoms with Gasteiger partial charge in [0.15, 0.2) is 0 Å². The van der Waals surface area contributed by atoms with Gasteiger partial charge in [-0.2, -0.15) is 0 Å². The fourth-order valence-electron chi connectivity index (χ4n) is 4.02. The van der Waals surface area contributed by atoms with Crippen molar-refractivity contribution in [2.45, 2.75) is 127 Å². The Balaban J connectivity index is 0. The van der Waals surface area contributed by atoms with Gasteiger partial charge in [0, 0.05) is 0 Å². The van der Waals surface area contributed by atoms with Gasteiger partial charge < -0.3 is 0 Å². The molecule has 2 aliphatic rings. The Bertz CT molecular complexity index is 251. The van der Waals surface area contributed by atoms with Gasteiger partial charge in [-0.25, -0.2) is 0 Å². The van der Waals surface area contributed by atoms with Crippen LogP contribution in [0.3, 0.4) is 0 Å². The molecule has 0 aromatic rings. The maximum atomic E-state index is 2.35. The fraction of sp³-hybridized carbons (Fsp3) is 1.00. The summed E-state index contributed by atoms with van der Waals surface area (Å²) in [6.07, 6.45) is 16.3. The van der Waals surface area contributed by atoms with E-state index in [1.807, 2.05) is 0 Å². The number of rotatable bonds is 3. The molecule has 0 saturated heterocycles. The maximum Gasteiger partial charge on any atom is -0.0380 e. The zero-order valence-electron chi connectivity index (χ0n) is 15.9. The van der Waals surface area contributed by atoms with E-state index in [2.05, 4.69) is 41.5 Å². The van der Waals surface area contributed by atoms with Crippen molar-refractivity contribution in [2.24, 2.45) is 22.7 Å². The van der Waals surface area contributed by atoms with Crippen molar-refractivity contribution in [3.05, 3.63) is 0 Å². The average molecular weight is 327 g/mol. The van der Waals surface area contributed by atoms with E-state index in [9.17, 15) is 0 Å². The monoisotopic (exact) mass is 326 g/mol. The van der Waals surface area contributed by atoms with Crippen molar-refractivity contribution in [2.75, 3.05) is 0 Å². The molecule has 0 heterocycles.